The first-order valence-corrected chi connectivity index (χ1v) is 5.70. The van der Waals surface area contributed by atoms with Gasteiger partial charge in [0.2, 0.25) is 0 Å². The Morgan fingerprint density at radius 1 is 1.36 bits per heavy atom. The van der Waals surface area contributed by atoms with Crippen LogP contribution in [0, 0.1) is 5.92 Å². The molecule has 0 aliphatic heterocycles. The van der Waals surface area contributed by atoms with Gasteiger partial charge in [0.25, 0.3) is 0 Å². The molecule has 1 unspecified atom stereocenters. The summed E-state index contributed by atoms with van der Waals surface area (Å²) in [5.41, 5.74) is 0. The van der Waals surface area contributed by atoms with Crippen LogP contribution in [0.15, 0.2) is 0 Å². The van der Waals surface area contributed by atoms with Crippen molar-refractivity contribution < 1.29 is 10.2 Å². The van der Waals surface area contributed by atoms with E-state index in [1.54, 1.807) is 0 Å². The van der Waals surface area contributed by atoms with Crippen LogP contribution in [0.1, 0.15) is 32.1 Å². The van der Waals surface area contributed by atoms with E-state index in [2.05, 4.69) is 0 Å². The van der Waals surface area contributed by atoms with Gasteiger partial charge in [-0.25, -0.2) is 0 Å². The average molecular weight is 201 g/mol. The van der Waals surface area contributed by atoms with Crippen molar-refractivity contribution in [3.8, 4) is 0 Å². The van der Waals surface area contributed by atoms with E-state index in [9.17, 15) is 5.11 Å². The van der Waals surface area contributed by atoms with Gasteiger partial charge in [-0.05, 0) is 19.4 Å². The van der Waals surface area contributed by atoms with Crippen LogP contribution in [-0.4, -0.2) is 48.0 Å². The summed E-state index contributed by atoms with van der Waals surface area (Å²) in [6.07, 6.45) is 5.99. The zero-order chi connectivity index (χ0) is 10.4. The standard InChI is InChI=1S/C11H23NO2/c1-12(6-7-13)9-11(14)8-10-4-2-3-5-10/h10-11,13-14H,2-9H2,1H3. The molecule has 1 fully saturated rings. The van der Waals surface area contributed by atoms with Crippen molar-refractivity contribution in [3.05, 3.63) is 0 Å². The Hall–Kier alpha value is -0.120. The molecule has 3 heteroatoms. The second-order valence-corrected chi connectivity index (χ2v) is 4.53. The molecule has 1 saturated carbocycles. The zero-order valence-corrected chi connectivity index (χ0v) is 9.15. The summed E-state index contributed by atoms with van der Waals surface area (Å²) >= 11 is 0. The van der Waals surface area contributed by atoms with E-state index in [0.717, 1.165) is 12.3 Å². The summed E-state index contributed by atoms with van der Waals surface area (Å²) in [5.74, 6) is 0.743. The van der Waals surface area contributed by atoms with Crippen LogP contribution in [-0.2, 0) is 0 Å². The fraction of sp³-hybridized carbons (Fsp3) is 1.00. The molecule has 1 atom stereocenters. The third-order valence-corrected chi connectivity index (χ3v) is 3.08. The van der Waals surface area contributed by atoms with Crippen molar-refractivity contribution in [1.82, 2.24) is 4.90 Å². The third-order valence-electron chi connectivity index (χ3n) is 3.08. The first-order valence-electron chi connectivity index (χ1n) is 5.70. The van der Waals surface area contributed by atoms with Crippen molar-refractivity contribution in [2.24, 2.45) is 5.92 Å². The molecular formula is C11H23NO2. The van der Waals surface area contributed by atoms with Gasteiger partial charge in [0.05, 0.1) is 12.7 Å². The normalized spacial score (nSPS) is 20.6. The highest BCUT2D eigenvalue weighted by atomic mass is 16.3. The molecule has 14 heavy (non-hydrogen) atoms. The van der Waals surface area contributed by atoms with E-state index >= 15 is 0 Å². The smallest absolute Gasteiger partial charge is 0.0669 e. The lowest BCUT2D eigenvalue weighted by molar-refractivity contribution is 0.0939. The number of hydrogen-bond donors (Lipinski definition) is 2. The average Bonchev–Trinajstić information content (AvgIpc) is 2.56. The Bertz CT molecular complexity index is 146. The van der Waals surface area contributed by atoms with Gasteiger partial charge >= 0.3 is 0 Å². The highest BCUT2D eigenvalue weighted by molar-refractivity contribution is 4.72. The maximum absolute atomic E-state index is 9.78. The number of aliphatic hydroxyl groups is 2. The van der Waals surface area contributed by atoms with Crippen LogP contribution >= 0.6 is 0 Å². The van der Waals surface area contributed by atoms with Gasteiger partial charge in [0, 0.05) is 13.1 Å². The third kappa shape index (κ3) is 4.40. The lowest BCUT2D eigenvalue weighted by Crippen LogP contribution is -2.32. The molecule has 1 aliphatic rings. The molecule has 3 nitrogen and oxygen atoms in total. The van der Waals surface area contributed by atoms with E-state index in [0.29, 0.717) is 13.1 Å². The highest BCUT2D eigenvalue weighted by Crippen LogP contribution is 2.28. The summed E-state index contributed by atoms with van der Waals surface area (Å²) < 4.78 is 0. The minimum absolute atomic E-state index is 0.173. The number of rotatable bonds is 6. The number of hydrogen-bond acceptors (Lipinski definition) is 3. The molecule has 1 aliphatic carbocycles. The molecule has 0 amide bonds. The van der Waals surface area contributed by atoms with E-state index in [1.807, 2.05) is 11.9 Å². The topological polar surface area (TPSA) is 43.7 Å². The van der Waals surface area contributed by atoms with Gasteiger partial charge in [-0.2, -0.15) is 0 Å². The summed E-state index contributed by atoms with van der Waals surface area (Å²) in [6.45, 7) is 1.52. The predicted molar refractivity (Wildman–Crippen MR) is 57.2 cm³/mol. The van der Waals surface area contributed by atoms with Gasteiger partial charge in [-0.15, -0.1) is 0 Å². The Morgan fingerprint density at radius 3 is 2.57 bits per heavy atom. The van der Waals surface area contributed by atoms with Crippen molar-refractivity contribution in [2.75, 3.05) is 26.7 Å². The molecule has 0 radical (unpaired) electrons. The van der Waals surface area contributed by atoms with Crippen molar-refractivity contribution >= 4 is 0 Å². The van der Waals surface area contributed by atoms with Crippen LogP contribution in [0.25, 0.3) is 0 Å². The number of nitrogens with zero attached hydrogens (tertiary/aromatic N) is 1. The minimum atomic E-state index is -0.213. The van der Waals surface area contributed by atoms with Crippen LogP contribution in [0.2, 0.25) is 0 Å². The molecule has 0 aromatic carbocycles. The molecule has 0 heterocycles. The van der Waals surface area contributed by atoms with E-state index in [4.69, 9.17) is 5.11 Å². The van der Waals surface area contributed by atoms with Crippen molar-refractivity contribution in [2.45, 2.75) is 38.2 Å². The lowest BCUT2D eigenvalue weighted by atomic mass is 10.00. The number of likely N-dealkylation sites (N-methyl/N-ethyl adjacent to an activating group) is 1. The lowest BCUT2D eigenvalue weighted by Gasteiger charge is -2.21. The fourth-order valence-electron chi connectivity index (χ4n) is 2.33. The van der Waals surface area contributed by atoms with Crippen LogP contribution in [0.3, 0.4) is 0 Å². The van der Waals surface area contributed by atoms with Gasteiger partial charge in [0.1, 0.15) is 0 Å². The molecule has 0 spiro atoms. The van der Waals surface area contributed by atoms with Crippen LogP contribution in [0.4, 0.5) is 0 Å². The SMILES string of the molecule is CN(CCO)CC(O)CC1CCCC1. The molecule has 84 valence electrons. The molecule has 1 rings (SSSR count). The van der Waals surface area contributed by atoms with Crippen LogP contribution < -0.4 is 0 Å². The predicted octanol–water partition coefficient (Wildman–Crippen LogP) is 0.852. The second-order valence-electron chi connectivity index (χ2n) is 4.53. The summed E-state index contributed by atoms with van der Waals surface area (Å²) in [4.78, 5) is 1.99. The van der Waals surface area contributed by atoms with E-state index in [1.165, 1.54) is 25.7 Å². The van der Waals surface area contributed by atoms with Crippen molar-refractivity contribution in [1.29, 1.82) is 0 Å². The zero-order valence-electron chi connectivity index (χ0n) is 9.15. The van der Waals surface area contributed by atoms with Crippen molar-refractivity contribution in [3.63, 3.8) is 0 Å². The van der Waals surface area contributed by atoms with Gasteiger partial charge in [-0.3, -0.25) is 0 Å². The molecule has 0 bridgehead atoms. The maximum atomic E-state index is 9.78. The Morgan fingerprint density at radius 2 is 2.00 bits per heavy atom. The highest BCUT2D eigenvalue weighted by Gasteiger charge is 2.19. The van der Waals surface area contributed by atoms with Crippen LogP contribution in [0.5, 0.6) is 0 Å². The van der Waals surface area contributed by atoms with Gasteiger partial charge in [0.15, 0.2) is 0 Å². The Labute approximate surface area is 86.7 Å². The first kappa shape index (κ1) is 12.0. The van der Waals surface area contributed by atoms with Gasteiger partial charge < -0.3 is 15.1 Å². The molecule has 0 saturated heterocycles. The molecule has 0 aromatic heterocycles. The Balaban J connectivity index is 2.10. The summed E-state index contributed by atoms with van der Waals surface area (Å²) in [5, 5.41) is 18.5. The van der Waals surface area contributed by atoms with Gasteiger partial charge in [-0.1, -0.05) is 25.7 Å². The summed E-state index contributed by atoms with van der Waals surface area (Å²) in [7, 11) is 1.94. The minimum Gasteiger partial charge on any atom is -0.395 e. The van der Waals surface area contributed by atoms with E-state index in [-0.39, 0.29) is 12.7 Å². The summed E-state index contributed by atoms with van der Waals surface area (Å²) in [6, 6.07) is 0. The largest absolute Gasteiger partial charge is 0.395 e. The number of aliphatic hydroxyl groups excluding tert-OH is 2. The monoisotopic (exact) mass is 201 g/mol. The van der Waals surface area contributed by atoms with E-state index < -0.39 is 0 Å². The first-order chi connectivity index (χ1) is 6.72. The fourth-order valence-corrected chi connectivity index (χ4v) is 2.33. The maximum Gasteiger partial charge on any atom is 0.0669 e. The Kier molecular flexibility index (Phi) is 5.45. The molecular weight excluding hydrogens is 178 g/mol. The molecule has 0 aromatic rings. The quantitative estimate of drug-likeness (QED) is 0.669. The molecule has 2 N–H and O–H groups in total. The second kappa shape index (κ2) is 6.38.